The predicted octanol–water partition coefficient (Wildman–Crippen LogP) is -0.474. The summed E-state index contributed by atoms with van der Waals surface area (Å²) in [4.78, 5) is 19.9. The lowest BCUT2D eigenvalue weighted by Gasteiger charge is -2.29. The van der Waals surface area contributed by atoms with Crippen molar-refractivity contribution in [2.45, 2.75) is 20.4 Å². The molecule has 1 saturated heterocycles. The number of rotatable bonds is 7. The van der Waals surface area contributed by atoms with Crippen LogP contribution in [0.2, 0.25) is 0 Å². The van der Waals surface area contributed by atoms with Gasteiger partial charge in [0.2, 0.25) is 11.7 Å². The number of halogens is 1. The minimum absolute atomic E-state index is 0.143. The van der Waals surface area contributed by atoms with Crippen LogP contribution in [0, 0.1) is 19.7 Å². The van der Waals surface area contributed by atoms with Crippen LogP contribution in [0.15, 0.2) is 30.6 Å². The van der Waals surface area contributed by atoms with Crippen LogP contribution in [0.4, 0.5) is 4.39 Å². The number of ketones is 1. The second-order valence-corrected chi connectivity index (χ2v) is 8.16. The molecule has 0 radical (unpaired) electrons. The number of methoxy groups -OCH3 is 1. The number of H-pyrrole nitrogens is 1. The molecular weight excluding hydrogens is 399 g/mol. The van der Waals surface area contributed by atoms with Gasteiger partial charge in [-0.25, -0.2) is 9.49 Å². The summed E-state index contributed by atoms with van der Waals surface area (Å²) in [7, 11) is 1.61. The van der Waals surface area contributed by atoms with Crippen LogP contribution in [0.25, 0.3) is 5.95 Å². The van der Waals surface area contributed by atoms with Crippen molar-refractivity contribution in [1.29, 1.82) is 0 Å². The number of aromatic amines is 1. The van der Waals surface area contributed by atoms with Gasteiger partial charge in [-0.05, 0) is 38.1 Å². The van der Waals surface area contributed by atoms with Crippen molar-refractivity contribution in [2.24, 2.45) is 0 Å². The van der Waals surface area contributed by atoms with E-state index in [1.165, 1.54) is 22.2 Å². The van der Waals surface area contributed by atoms with Crippen LogP contribution in [-0.2, 0) is 6.54 Å². The van der Waals surface area contributed by atoms with Gasteiger partial charge in [-0.2, -0.15) is 10.1 Å². The Morgan fingerprint density at radius 1 is 1.19 bits per heavy atom. The number of hydrogen-bond acceptors (Lipinski definition) is 4. The molecule has 2 aromatic heterocycles. The summed E-state index contributed by atoms with van der Waals surface area (Å²) in [6, 6.07) is 6.58. The molecule has 1 aliphatic heterocycles. The Hall–Kier alpha value is -3.04. The molecule has 1 aromatic carbocycles. The van der Waals surface area contributed by atoms with E-state index in [4.69, 9.17) is 4.74 Å². The van der Waals surface area contributed by atoms with Gasteiger partial charge in [0.15, 0.2) is 0 Å². The Bertz CT molecular complexity index is 1050. The molecule has 3 N–H and O–H groups in total. The molecule has 9 heteroatoms. The molecule has 0 bridgehead atoms. The van der Waals surface area contributed by atoms with Crippen LogP contribution < -0.4 is 14.5 Å². The summed E-state index contributed by atoms with van der Waals surface area (Å²) in [5.41, 5.74) is 3.45. The van der Waals surface area contributed by atoms with E-state index in [1.54, 1.807) is 19.2 Å². The Morgan fingerprint density at radius 2 is 1.94 bits per heavy atom. The summed E-state index contributed by atoms with van der Waals surface area (Å²) in [6.07, 6.45) is 1.46. The SMILES string of the molecule is COc1ccc(F)cc1C[NH+]1CC[NH+](CC(=O)c2cc(C)n(-c3ncn[nH]3)c2C)CC1. The molecule has 0 amide bonds. The maximum Gasteiger partial charge on any atom is 0.229 e. The van der Waals surface area contributed by atoms with E-state index >= 15 is 0 Å². The van der Waals surface area contributed by atoms with E-state index in [2.05, 4.69) is 15.2 Å². The first-order valence-electron chi connectivity index (χ1n) is 10.5. The Balaban J connectivity index is 1.36. The third kappa shape index (κ3) is 4.52. The number of hydrogen-bond donors (Lipinski definition) is 3. The smallest absolute Gasteiger partial charge is 0.229 e. The second-order valence-electron chi connectivity index (χ2n) is 8.16. The number of piperazine rings is 1. The number of aromatic nitrogens is 4. The van der Waals surface area contributed by atoms with Crippen LogP contribution >= 0.6 is 0 Å². The highest BCUT2D eigenvalue weighted by molar-refractivity contribution is 5.98. The van der Waals surface area contributed by atoms with Gasteiger partial charge in [-0.3, -0.25) is 9.36 Å². The highest BCUT2D eigenvalue weighted by Gasteiger charge is 2.27. The maximum absolute atomic E-state index is 13.6. The maximum atomic E-state index is 13.6. The van der Waals surface area contributed by atoms with E-state index in [1.807, 2.05) is 24.5 Å². The lowest BCUT2D eigenvalue weighted by atomic mass is 10.1. The number of nitrogens with zero attached hydrogens (tertiary/aromatic N) is 3. The number of Topliss-reactive ketones (excluding diaryl/α,β-unsaturated/α-hetero) is 1. The lowest BCUT2D eigenvalue weighted by Crippen LogP contribution is -3.27. The average molecular weight is 429 g/mol. The summed E-state index contributed by atoms with van der Waals surface area (Å²) in [6.45, 7) is 8.75. The van der Waals surface area contributed by atoms with Gasteiger partial charge in [-0.1, -0.05) is 0 Å². The van der Waals surface area contributed by atoms with E-state index in [0.717, 1.165) is 61.0 Å². The number of nitrogens with one attached hydrogen (secondary N) is 3. The van der Waals surface area contributed by atoms with Crippen molar-refractivity contribution in [1.82, 2.24) is 19.7 Å². The van der Waals surface area contributed by atoms with Crippen molar-refractivity contribution in [2.75, 3.05) is 39.8 Å². The topological polar surface area (TPSA) is 81.7 Å². The summed E-state index contributed by atoms with van der Waals surface area (Å²) < 4.78 is 20.9. The fourth-order valence-corrected chi connectivity index (χ4v) is 4.47. The summed E-state index contributed by atoms with van der Waals surface area (Å²) in [5, 5.41) is 6.76. The second kappa shape index (κ2) is 8.99. The van der Waals surface area contributed by atoms with Crippen molar-refractivity contribution >= 4 is 5.78 Å². The number of benzene rings is 1. The average Bonchev–Trinajstić information content (AvgIpc) is 3.37. The first-order chi connectivity index (χ1) is 15.0. The molecule has 1 fully saturated rings. The fraction of sp³-hybridized carbons (Fsp3) is 0.409. The van der Waals surface area contributed by atoms with Gasteiger partial charge < -0.3 is 14.5 Å². The number of quaternary nitrogens is 2. The largest absolute Gasteiger partial charge is 0.496 e. The fourth-order valence-electron chi connectivity index (χ4n) is 4.47. The standard InChI is InChI=1S/C22H27FN6O2/c1-15-10-19(16(2)29(15)22-24-14-25-26-22)20(30)13-28-8-6-27(7-9-28)12-17-11-18(23)4-5-21(17)31-3/h4-5,10-11,14H,6-9,12-13H2,1-3H3,(H,24,25,26)/p+2. The molecule has 0 unspecified atom stereocenters. The van der Waals surface area contributed by atoms with Gasteiger partial charge in [0.05, 0.1) is 12.7 Å². The van der Waals surface area contributed by atoms with E-state index < -0.39 is 0 Å². The Labute approximate surface area is 180 Å². The molecule has 4 rings (SSSR count). The van der Waals surface area contributed by atoms with Crippen LogP contribution in [-0.4, -0.2) is 65.4 Å². The third-order valence-corrected chi connectivity index (χ3v) is 6.10. The van der Waals surface area contributed by atoms with Crippen molar-refractivity contribution in [3.8, 4) is 11.7 Å². The van der Waals surface area contributed by atoms with Crippen molar-refractivity contribution in [3.05, 3.63) is 58.9 Å². The highest BCUT2D eigenvalue weighted by Crippen LogP contribution is 2.19. The zero-order valence-corrected chi connectivity index (χ0v) is 18.2. The van der Waals surface area contributed by atoms with E-state index in [9.17, 15) is 9.18 Å². The summed E-state index contributed by atoms with van der Waals surface area (Å²) >= 11 is 0. The number of ether oxygens (including phenoxy) is 1. The molecular formula is C22H29FN6O2+2. The lowest BCUT2D eigenvalue weighted by molar-refractivity contribution is -1.01. The zero-order chi connectivity index (χ0) is 22.0. The van der Waals surface area contributed by atoms with Crippen LogP contribution in [0.5, 0.6) is 5.75 Å². The molecule has 8 nitrogen and oxygen atoms in total. The molecule has 0 atom stereocenters. The molecule has 0 saturated carbocycles. The zero-order valence-electron chi connectivity index (χ0n) is 18.2. The normalized spacial score (nSPS) is 18.8. The van der Waals surface area contributed by atoms with E-state index in [-0.39, 0.29) is 11.6 Å². The molecule has 0 aliphatic carbocycles. The first-order valence-corrected chi connectivity index (χ1v) is 10.5. The van der Waals surface area contributed by atoms with Crippen molar-refractivity contribution in [3.63, 3.8) is 0 Å². The quantitative estimate of drug-likeness (QED) is 0.445. The van der Waals surface area contributed by atoms with E-state index in [0.29, 0.717) is 12.5 Å². The number of aryl methyl sites for hydroxylation is 1. The van der Waals surface area contributed by atoms with Gasteiger partial charge in [-0.15, -0.1) is 0 Å². The molecule has 1 aliphatic rings. The highest BCUT2D eigenvalue weighted by atomic mass is 19.1. The minimum Gasteiger partial charge on any atom is -0.496 e. The first kappa shape index (κ1) is 21.2. The van der Waals surface area contributed by atoms with Crippen LogP contribution in [0.1, 0.15) is 27.3 Å². The third-order valence-electron chi connectivity index (χ3n) is 6.10. The minimum atomic E-state index is -0.243. The monoisotopic (exact) mass is 428 g/mol. The Kier molecular flexibility index (Phi) is 6.15. The van der Waals surface area contributed by atoms with Gasteiger partial charge in [0.25, 0.3) is 0 Å². The number of carbonyl (C=O) groups is 1. The van der Waals surface area contributed by atoms with Gasteiger partial charge in [0.1, 0.15) is 57.2 Å². The molecule has 3 heterocycles. The molecule has 3 aromatic rings. The molecule has 31 heavy (non-hydrogen) atoms. The van der Waals surface area contributed by atoms with Gasteiger partial charge >= 0.3 is 0 Å². The molecule has 0 spiro atoms. The number of carbonyl (C=O) groups excluding carboxylic acids is 1. The van der Waals surface area contributed by atoms with Crippen LogP contribution in [0.3, 0.4) is 0 Å². The molecule has 164 valence electrons. The predicted molar refractivity (Wildman–Crippen MR) is 112 cm³/mol. The van der Waals surface area contributed by atoms with Gasteiger partial charge in [0, 0.05) is 17.0 Å². The Morgan fingerprint density at radius 3 is 2.61 bits per heavy atom. The van der Waals surface area contributed by atoms with Crippen molar-refractivity contribution < 1.29 is 23.7 Å². The summed E-state index contributed by atoms with van der Waals surface area (Å²) in [5.74, 6) is 1.24.